The molecule has 0 spiro atoms. The van der Waals surface area contributed by atoms with Gasteiger partial charge >= 0.3 is 0 Å². The standard InChI is InChI=1S/C6H13NO4/c1-7-6(4(10)2-8)5(11)3-9/h4,6-10H,2-3H2,1H3/t4-,6-/m1/s1. The van der Waals surface area contributed by atoms with Gasteiger partial charge < -0.3 is 20.6 Å². The van der Waals surface area contributed by atoms with Crippen LogP contribution in [0.5, 0.6) is 0 Å². The molecule has 0 aromatic rings. The average molecular weight is 163 g/mol. The SMILES string of the molecule is CN[C@@H](C(=O)CO)[C@H](O)CO. The molecule has 0 saturated carbocycles. The van der Waals surface area contributed by atoms with Crippen LogP contribution in [0.25, 0.3) is 0 Å². The van der Waals surface area contributed by atoms with E-state index in [1.54, 1.807) is 0 Å². The summed E-state index contributed by atoms with van der Waals surface area (Å²) in [5, 5.41) is 28.3. The largest absolute Gasteiger partial charge is 0.394 e. The zero-order valence-electron chi connectivity index (χ0n) is 6.32. The number of nitrogens with one attached hydrogen (secondary N) is 1. The summed E-state index contributed by atoms with van der Waals surface area (Å²) >= 11 is 0. The van der Waals surface area contributed by atoms with Crippen LogP contribution >= 0.6 is 0 Å². The van der Waals surface area contributed by atoms with Gasteiger partial charge in [-0.3, -0.25) is 4.79 Å². The van der Waals surface area contributed by atoms with Crippen molar-refractivity contribution in [3.05, 3.63) is 0 Å². The number of aliphatic hydroxyl groups is 3. The number of likely N-dealkylation sites (N-methyl/N-ethyl adjacent to an activating group) is 1. The third-order valence-electron chi connectivity index (χ3n) is 1.39. The molecular weight excluding hydrogens is 150 g/mol. The number of hydrogen-bond acceptors (Lipinski definition) is 5. The Hall–Kier alpha value is -0.490. The fraction of sp³-hybridized carbons (Fsp3) is 0.833. The lowest BCUT2D eigenvalue weighted by Gasteiger charge is -2.17. The first-order valence-corrected chi connectivity index (χ1v) is 3.27. The van der Waals surface area contributed by atoms with Gasteiger partial charge in [0.2, 0.25) is 0 Å². The summed E-state index contributed by atoms with van der Waals surface area (Å²) in [6.07, 6.45) is -1.15. The molecule has 0 aromatic heterocycles. The van der Waals surface area contributed by atoms with Crippen molar-refractivity contribution < 1.29 is 20.1 Å². The molecule has 0 heterocycles. The summed E-state index contributed by atoms with van der Waals surface area (Å²) in [6, 6.07) is -0.884. The second kappa shape index (κ2) is 5.20. The molecule has 0 aliphatic heterocycles. The molecule has 66 valence electrons. The molecule has 0 amide bonds. The van der Waals surface area contributed by atoms with Gasteiger partial charge in [-0.05, 0) is 7.05 Å². The Kier molecular flexibility index (Phi) is 4.97. The van der Waals surface area contributed by atoms with Crippen LogP contribution in [0.2, 0.25) is 0 Å². The van der Waals surface area contributed by atoms with Crippen LogP contribution in [-0.2, 0) is 4.79 Å². The predicted octanol–water partition coefficient (Wildman–Crippen LogP) is -2.51. The van der Waals surface area contributed by atoms with E-state index in [0.717, 1.165) is 0 Å². The lowest BCUT2D eigenvalue weighted by Crippen LogP contribution is -2.47. The zero-order valence-corrected chi connectivity index (χ0v) is 6.32. The van der Waals surface area contributed by atoms with E-state index in [2.05, 4.69) is 5.32 Å². The van der Waals surface area contributed by atoms with Gasteiger partial charge in [-0.25, -0.2) is 0 Å². The van der Waals surface area contributed by atoms with E-state index < -0.39 is 31.1 Å². The van der Waals surface area contributed by atoms with Crippen molar-refractivity contribution in [1.82, 2.24) is 5.32 Å². The van der Waals surface area contributed by atoms with Gasteiger partial charge in [-0.2, -0.15) is 0 Å². The molecular formula is C6H13NO4. The molecule has 5 heteroatoms. The maximum atomic E-state index is 10.8. The van der Waals surface area contributed by atoms with Crippen molar-refractivity contribution in [1.29, 1.82) is 0 Å². The Balaban J connectivity index is 4.03. The first-order valence-electron chi connectivity index (χ1n) is 3.27. The minimum absolute atomic E-state index is 0.503. The molecule has 0 aliphatic carbocycles. The fourth-order valence-electron chi connectivity index (χ4n) is 0.772. The summed E-state index contributed by atoms with van der Waals surface area (Å²) in [5.41, 5.74) is 0. The highest BCUT2D eigenvalue weighted by Gasteiger charge is 2.23. The van der Waals surface area contributed by atoms with Crippen LogP contribution in [0, 0.1) is 0 Å². The number of carbonyl (C=O) groups is 1. The minimum Gasteiger partial charge on any atom is -0.394 e. The van der Waals surface area contributed by atoms with E-state index in [1.807, 2.05) is 0 Å². The van der Waals surface area contributed by atoms with Crippen LogP contribution < -0.4 is 5.32 Å². The molecule has 0 saturated heterocycles. The number of ketones is 1. The van der Waals surface area contributed by atoms with E-state index in [-0.39, 0.29) is 0 Å². The highest BCUT2D eigenvalue weighted by atomic mass is 16.3. The van der Waals surface area contributed by atoms with Crippen LogP contribution in [0.15, 0.2) is 0 Å². The number of Topliss-reactive ketones (excluding diaryl/α,β-unsaturated/α-hetero) is 1. The van der Waals surface area contributed by atoms with Crippen LogP contribution in [0.3, 0.4) is 0 Å². The molecule has 0 aromatic carbocycles. The van der Waals surface area contributed by atoms with Crippen LogP contribution in [0.1, 0.15) is 0 Å². The van der Waals surface area contributed by atoms with Crippen molar-refractivity contribution >= 4 is 5.78 Å². The van der Waals surface area contributed by atoms with Crippen molar-refractivity contribution in [2.45, 2.75) is 12.1 Å². The Labute approximate surface area is 64.7 Å². The Morgan fingerprint density at radius 1 is 1.55 bits per heavy atom. The van der Waals surface area contributed by atoms with E-state index in [0.29, 0.717) is 0 Å². The molecule has 0 radical (unpaired) electrons. The number of hydrogen-bond donors (Lipinski definition) is 4. The monoisotopic (exact) mass is 163 g/mol. The van der Waals surface area contributed by atoms with Gasteiger partial charge in [0.05, 0.1) is 18.8 Å². The molecule has 0 unspecified atom stereocenters. The molecule has 5 nitrogen and oxygen atoms in total. The number of aliphatic hydroxyl groups excluding tert-OH is 3. The van der Waals surface area contributed by atoms with E-state index in [9.17, 15) is 4.79 Å². The molecule has 0 bridgehead atoms. The van der Waals surface area contributed by atoms with Gasteiger partial charge in [0, 0.05) is 0 Å². The smallest absolute Gasteiger partial charge is 0.177 e. The van der Waals surface area contributed by atoms with Crippen molar-refractivity contribution in [3.8, 4) is 0 Å². The zero-order chi connectivity index (χ0) is 8.85. The van der Waals surface area contributed by atoms with Crippen LogP contribution in [0.4, 0.5) is 0 Å². The summed E-state index contributed by atoms with van der Waals surface area (Å²) < 4.78 is 0. The van der Waals surface area contributed by atoms with Gasteiger partial charge in [-0.1, -0.05) is 0 Å². The van der Waals surface area contributed by atoms with Crippen molar-refractivity contribution in [2.24, 2.45) is 0 Å². The molecule has 0 rings (SSSR count). The maximum absolute atomic E-state index is 10.8. The first-order chi connectivity index (χ1) is 5.17. The average Bonchev–Trinajstić information content (AvgIpc) is 2.05. The van der Waals surface area contributed by atoms with Gasteiger partial charge in [0.1, 0.15) is 6.61 Å². The maximum Gasteiger partial charge on any atom is 0.177 e. The second-order valence-corrected chi connectivity index (χ2v) is 2.14. The summed E-state index contributed by atoms with van der Waals surface area (Å²) in [7, 11) is 1.47. The van der Waals surface area contributed by atoms with E-state index >= 15 is 0 Å². The van der Waals surface area contributed by atoms with E-state index in [4.69, 9.17) is 15.3 Å². The van der Waals surface area contributed by atoms with Gasteiger partial charge in [-0.15, -0.1) is 0 Å². The van der Waals surface area contributed by atoms with Gasteiger partial charge in [0.15, 0.2) is 5.78 Å². The highest BCUT2D eigenvalue weighted by Crippen LogP contribution is 1.93. The van der Waals surface area contributed by atoms with Crippen molar-refractivity contribution in [3.63, 3.8) is 0 Å². The predicted molar refractivity (Wildman–Crippen MR) is 38.0 cm³/mol. The Morgan fingerprint density at radius 3 is 2.36 bits per heavy atom. The third kappa shape index (κ3) is 2.94. The van der Waals surface area contributed by atoms with E-state index in [1.165, 1.54) is 7.05 Å². The van der Waals surface area contributed by atoms with Gasteiger partial charge in [0.25, 0.3) is 0 Å². The summed E-state index contributed by atoms with van der Waals surface area (Å²) in [4.78, 5) is 10.8. The lowest BCUT2D eigenvalue weighted by molar-refractivity contribution is -0.127. The molecule has 0 aliphatic rings. The molecule has 11 heavy (non-hydrogen) atoms. The number of rotatable bonds is 5. The first kappa shape index (κ1) is 10.5. The Bertz CT molecular complexity index is 128. The molecule has 2 atom stereocenters. The minimum atomic E-state index is -1.15. The third-order valence-corrected chi connectivity index (χ3v) is 1.39. The normalized spacial score (nSPS) is 16.0. The number of carbonyl (C=O) groups excluding carboxylic acids is 1. The molecule has 4 N–H and O–H groups in total. The van der Waals surface area contributed by atoms with Crippen LogP contribution in [-0.4, -0.2) is 53.5 Å². The quantitative estimate of drug-likeness (QED) is 0.359. The van der Waals surface area contributed by atoms with Crippen molar-refractivity contribution in [2.75, 3.05) is 20.3 Å². The summed E-state index contributed by atoms with van der Waals surface area (Å²) in [6.45, 7) is -1.14. The summed E-state index contributed by atoms with van der Waals surface area (Å²) in [5.74, 6) is -0.533. The lowest BCUT2D eigenvalue weighted by atomic mass is 10.1. The molecule has 0 fully saturated rings. The fourth-order valence-corrected chi connectivity index (χ4v) is 0.772. The topological polar surface area (TPSA) is 89.8 Å². The second-order valence-electron chi connectivity index (χ2n) is 2.14. The highest BCUT2D eigenvalue weighted by molar-refractivity contribution is 5.85. The Morgan fingerprint density at radius 2 is 2.09 bits per heavy atom.